The summed E-state index contributed by atoms with van der Waals surface area (Å²) < 4.78 is 4.61. The number of nitrogens with two attached hydrogens (primary N) is 1. The minimum Gasteiger partial charge on any atom is -0.503 e. The molecule has 0 aliphatic rings. The van der Waals surface area contributed by atoms with Crippen LogP contribution in [-0.2, 0) is 4.74 Å². The summed E-state index contributed by atoms with van der Waals surface area (Å²) in [4.78, 5) is 0. The van der Waals surface area contributed by atoms with E-state index in [9.17, 15) is 0 Å². The van der Waals surface area contributed by atoms with E-state index >= 15 is 0 Å². The zero-order valence-corrected chi connectivity index (χ0v) is 4.77. The molecule has 0 rings (SSSR count). The number of rotatable bonds is 2. The second-order valence-corrected chi connectivity index (χ2v) is 1.28. The van der Waals surface area contributed by atoms with Crippen LogP contribution in [0.3, 0.4) is 0 Å². The van der Waals surface area contributed by atoms with E-state index in [0.717, 1.165) is 12.1 Å². The molecule has 0 unspecified atom stereocenters. The summed E-state index contributed by atoms with van der Waals surface area (Å²) in [5, 5.41) is 0. The number of methoxy groups -OCH3 is 1. The van der Waals surface area contributed by atoms with E-state index in [1.165, 1.54) is 0 Å². The van der Waals surface area contributed by atoms with Crippen LogP contribution < -0.4 is 5.73 Å². The summed E-state index contributed by atoms with van der Waals surface area (Å²) in [6, 6.07) is 0. The van der Waals surface area contributed by atoms with Gasteiger partial charge in [-0.2, -0.15) is 0 Å². The SMILES string of the molecule is CC/C(N)=C/OC. The van der Waals surface area contributed by atoms with Crippen LogP contribution in [0.5, 0.6) is 0 Å². The maximum Gasteiger partial charge on any atom is 0.101 e. The Bertz CT molecular complexity index is 68.5. The molecule has 0 fully saturated rings. The first-order valence-corrected chi connectivity index (χ1v) is 2.28. The molecule has 0 saturated carbocycles. The Morgan fingerprint density at radius 3 is 2.57 bits per heavy atom. The van der Waals surface area contributed by atoms with E-state index in [0.29, 0.717) is 0 Å². The zero-order valence-electron chi connectivity index (χ0n) is 4.77. The highest BCUT2D eigenvalue weighted by Crippen LogP contribution is 1.87. The minimum atomic E-state index is 0.780. The van der Waals surface area contributed by atoms with E-state index in [-0.39, 0.29) is 0 Å². The Morgan fingerprint density at radius 1 is 1.86 bits per heavy atom. The van der Waals surface area contributed by atoms with Crippen LogP contribution in [0.1, 0.15) is 13.3 Å². The molecular formula is C5H11NO. The first kappa shape index (κ1) is 6.34. The fourth-order valence-electron chi connectivity index (χ4n) is 0.235. The molecule has 0 aromatic carbocycles. The molecule has 0 aromatic heterocycles. The number of ether oxygens (including phenoxy) is 1. The second kappa shape index (κ2) is 3.53. The number of hydrogen-bond donors (Lipinski definition) is 1. The lowest BCUT2D eigenvalue weighted by Crippen LogP contribution is -1.94. The van der Waals surface area contributed by atoms with Gasteiger partial charge in [0, 0.05) is 5.70 Å². The highest BCUT2D eigenvalue weighted by molar-refractivity contribution is 4.88. The molecule has 7 heavy (non-hydrogen) atoms. The van der Waals surface area contributed by atoms with Crippen LogP contribution >= 0.6 is 0 Å². The molecule has 0 aromatic rings. The van der Waals surface area contributed by atoms with Crippen LogP contribution in [0.15, 0.2) is 12.0 Å². The highest BCUT2D eigenvalue weighted by atomic mass is 16.5. The van der Waals surface area contributed by atoms with Crippen molar-refractivity contribution in [3.8, 4) is 0 Å². The van der Waals surface area contributed by atoms with Gasteiger partial charge < -0.3 is 10.5 Å². The van der Waals surface area contributed by atoms with Crippen LogP contribution in [0.4, 0.5) is 0 Å². The predicted molar refractivity (Wildman–Crippen MR) is 29.6 cm³/mol. The van der Waals surface area contributed by atoms with Gasteiger partial charge in [-0.15, -0.1) is 0 Å². The zero-order chi connectivity index (χ0) is 5.70. The Hall–Kier alpha value is -0.660. The molecule has 0 radical (unpaired) electrons. The summed E-state index contributed by atoms with van der Waals surface area (Å²) in [5.74, 6) is 0. The summed E-state index contributed by atoms with van der Waals surface area (Å²) in [6.45, 7) is 1.98. The van der Waals surface area contributed by atoms with Crippen molar-refractivity contribution < 1.29 is 4.74 Å². The third-order valence-electron chi connectivity index (χ3n) is 0.677. The van der Waals surface area contributed by atoms with Crippen molar-refractivity contribution >= 4 is 0 Å². The Morgan fingerprint density at radius 2 is 2.43 bits per heavy atom. The van der Waals surface area contributed by atoms with Gasteiger partial charge in [0.15, 0.2) is 0 Å². The third-order valence-corrected chi connectivity index (χ3v) is 0.677. The molecule has 42 valence electrons. The topological polar surface area (TPSA) is 35.2 Å². The second-order valence-electron chi connectivity index (χ2n) is 1.28. The monoisotopic (exact) mass is 101 g/mol. The molecule has 0 amide bonds. The summed E-state index contributed by atoms with van der Waals surface area (Å²) in [5.41, 5.74) is 6.10. The van der Waals surface area contributed by atoms with Crippen molar-refractivity contribution in [2.45, 2.75) is 13.3 Å². The maximum atomic E-state index is 5.32. The molecule has 0 spiro atoms. The lowest BCUT2D eigenvalue weighted by Gasteiger charge is -1.91. The first-order chi connectivity index (χ1) is 3.31. The minimum absolute atomic E-state index is 0.780. The van der Waals surface area contributed by atoms with Crippen LogP contribution in [0.2, 0.25) is 0 Å². The number of allylic oxidation sites excluding steroid dienone is 1. The maximum absolute atomic E-state index is 5.32. The van der Waals surface area contributed by atoms with Crippen molar-refractivity contribution in [1.82, 2.24) is 0 Å². The molecule has 2 N–H and O–H groups in total. The van der Waals surface area contributed by atoms with Gasteiger partial charge in [-0.25, -0.2) is 0 Å². The van der Waals surface area contributed by atoms with Crippen molar-refractivity contribution in [1.29, 1.82) is 0 Å². The van der Waals surface area contributed by atoms with Crippen molar-refractivity contribution in [2.75, 3.05) is 7.11 Å². The highest BCUT2D eigenvalue weighted by Gasteiger charge is 1.78. The molecule has 2 nitrogen and oxygen atoms in total. The van der Waals surface area contributed by atoms with E-state index in [1.54, 1.807) is 13.4 Å². The normalized spacial score (nSPS) is 11.4. The molecular weight excluding hydrogens is 90.1 g/mol. The molecule has 0 saturated heterocycles. The molecule has 2 heteroatoms. The third kappa shape index (κ3) is 3.16. The lowest BCUT2D eigenvalue weighted by molar-refractivity contribution is 0.332. The summed E-state index contributed by atoms with van der Waals surface area (Å²) in [6.07, 6.45) is 2.40. The number of hydrogen-bond acceptors (Lipinski definition) is 2. The lowest BCUT2D eigenvalue weighted by atomic mass is 10.4. The quantitative estimate of drug-likeness (QED) is 0.523. The van der Waals surface area contributed by atoms with Gasteiger partial charge in [0.2, 0.25) is 0 Å². The van der Waals surface area contributed by atoms with Crippen molar-refractivity contribution in [3.05, 3.63) is 12.0 Å². The smallest absolute Gasteiger partial charge is 0.101 e. The molecule has 0 heterocycles. The van der Waals surface area contributed by atoms with E-state index < -0.39 is 0 Å². The van der Waals surface area contributed by atoms with Gasteiger partial charge in [0.05, 0.1) is 7.11 Å². The van der Waals surface area contributed by atoms with Crippen LogP contribution in [-0.4, -0.2) is 7.11 Å². The first-order valence-electron chi connectivity index (χ1n) is 2.28. The summed E-state index contributed by atoms with van der Waals surface area (Å²) >= 11 is 0. The van der Waals surface area contributed by atoms with E-state index in [1.807, 2.05) is 6.92 Å². The fraction of sp³-hybridized carbons (Fsp3) is 0.600. The van der Waals surface area contributed by atoms with Crippen LogP contribution in [0.25, 0.3) is 0 Å². The van der Waals surface area contributed by atoms with Gasteiger partial charge in [0.1, 0.15) is 6.26 Å². The summed E-state index contributed by atoms with van der Waals surface area (Å²) in [7, 11) is 1.59. The molecule has 0 atom stereocenters. The Balaban J connectivity index is 3.29. The fourth-order valence-corrected chi connectivity index (χ4v) is 0.235. The predicted octanol–water partition coefficient (Wildman–Crippen LogP) is 0.843. The standard InChI is InChI=1S/C5H11NO/c1-3-5(6)4-7-2/h4H,3,6H2,1-2H3/b5-4-. The largest absolute Gasteiger partial charge is 0.503 e. The van der Waals surface area contributed by atoms with Gasteiger partial charge in [0.25, 0.3) is 0 Å². The van der Waals surface area contributed by atoms with Crippen molar-refractivity contribution in [3.63, 3.8) is 0 Å². The van der Waals surface area contributed by atoms with Gasteiger partial charge in [-0.3, -0.25) is 0 Å². The van der Waals surface area contributed by atoms with E-state index in [2.05, 4.69) is 4.74 Å². The van der Waals surface area contributed by atoms with Gasteiger partial charge in [-0.05, 0) is 6.42 Å². The van der Waals surface area contributed by atoms with E-state index in [4.69, 9.17) is 5.73 Å². The Labute approximate surface area is 44.0 Å². The van der Waals surface area contributed by atoms with Crippen molar-refractivity contribution in [2.24, 2.45) is 5.73 Å². The Kier molecular flexibility index (Phi) is 3.19. The van der Waals surface area contributed by atoms with Crippen LogP contribution in [0, 0.1) is 0 Å². The average molecular weight is 101 g/mol. The average Bonchev–Trinajstić information content (AvgIpc) is 1.68. The van der Waals surface area contributed by atoms with Gasteiger partial charge in [-0.1, -0.05) is 6.92 Å². The molecule has 0 bridgehead atoms. The molecule has 0 aliphatic heterocycles. The molecule has 0 aliphatic carbocycles. The van der Waals surface area contributed by atoms with Gasteiger partial charge >= 0.3 is 0 Å².